The predicted molar refractivity (Wildman–Crippen MR) is 107 cm³/mol. The van der Waals surface area contributed by atoms with Crippen molar-refractivity contribution in [3.63, 3.8) is 0 Å². The van der Waals surface area contributed by atoms with Crippen LogP contribution in [0.15, 0.2) is 84.9 Å². The topological polar surface area (TPSA) is 12.0 Å². The summed E-state index contributed by atoms with van der Waals surface area (Å²) in [6.07, 6.45) is 5.10. The van der Waals surface area contributed by atoms with E-state index >= 15 is 0 Å². The second-order valence-electron chi connectivity index (χ2n) is 7.06. The highest BCUT2D eigenvalue weighted by Crippen LogP contribution is 2.34. The lowest BCUT2D eigenvalue weighted by atomic mass is 9.81. The largest absolute Gasteiger partial charge is 0.382 e. The first-order valence-electron chi connectivity index (χ1n) is 9.35. The molecule has 1 N–H and O–H groups in total. The first-order chi connectivity index (χ1) is 12.4. The van der Waals surface area contributed by atoms with E-state index in [4.69, 9.17) is 0 Å². The quantitative estimate of drug-likeness (QED) is 0.577. The van der Waals surface area contributed by atoms with Crippen molar-refractivity contribution in [3.8, 4) is 11.1 Å². The zero-order valence-electron chi connectivity index (χ0n) is 14.6. The molecule has 3 aromatic carbocycles. The zero-order chi connectivity index (χ0) is 16.9. The van der Waals surface area contributed by atoms with E-state index in [0.29, 0.717) is 12.0 Å². The Hall–Kier alpha value is -2.54. The van der Waals surface area contributed by atoms with Crippen LogP contribution in [0.3, 0.4) is 0 Å². The Balaban J connectivity index is 1.47. The number of hydrogen-bond acceptors (Lipinski definition) is 1. The van der Waals surface area contributed by atoms with Crippen LogP contribution in [-0.4, -0.2) is 6.04 Å². The lowest BCUT2D eigenvalue weighted by molar-refractivity contribution is 0.410. The molecule has 0 bridgehead atoms. The summed E-state index contributed by atoms with van der Waals surface area (Å²) in [5.41, 5.74) is 5.28. The summed E-state index contributed by atoms with van der Waals surface area (Å²) in [6.45, 7) is 0. The van der Waals surface area contributed by atoms with E-state index in [0.717, 1.165) is 0 Å². The molecule has 0 amide bonds. The van der Waals surface area contributed by atoms with Crippen LogP contribution < -0.4 is 5.32 Å². The molecule has 25 heavy (non-hydrogen) atoms. The molecule has 1 fully saturated rings. The summed E-state index contributed by atoms with van der Waals surface area (Å²) < 4.78 is 0. The minimum atomic E-state index is 0.560. The smallest absolute Gasteiger partial charge is 0.0348 e. The molecular weight excluding hydrogens is 302 g/mol. The average molecular weight is 327 g/mol. The Morgan fingerprint density at radius 3 is 2.20 bits per heavy atom. The Morgan fingerprint density at radius 1 is 0.680 bits per heavy atom. The van der Waals surface area contributed by atoms with E-state index in [1.807, 2.05) is 0 Å². The Morgan fingerprint density at radius 2 is 1.40 bits per heavy atom. The molecular formula is C24H25N. The zero-order valence-corrected chi connectivity index (χ0v) is 14.6. The highest BCUT2D eigenvalue weighted by Gasteiger charge is 2.23. The molecule has 0 heterocycles. The monoisotopic (exact) mass is 327 g/mol. The van der Waals surface area contributed by atoms with E-state index in [9.17, 15) is 0 Å². The van der Waals surface area contributed by atoms with Gasteiger partial charge >= 0.3 is 0 Å². The van der Waals surface area contributed by atoms with Crippen molar-refractivity contribution in [2.75, 3.05) is 5.32 Å². The molecule has 126 valence electrons. The second-order valence-corrected chi connectivity index (χ2v) is 7.06. The molecule has 1 heteroatoms. The molecule has 2 atom stereocenters. The standard InChI is InChI=1S/C24H25N/c1-3-9-19(10-4-1)21-13-7-15-23(17-21)25-24-16-8-14-22(18-24)20-11-5-2-6-12-20/h1-7,9-13,15,17,22,24-25H,8,14,16,18H2. The molecule has 0 saturated heterocycles. The highest BCUT2D eigenvalue weighted by molar-refractivity contribution is 5.68. The molecule has 1 saturated carbocycles. The number of rotatable bonds is 4. The van der Waals surface area contributed by atoms with Gasteiger partial charge in [0.15, 0.2) is 0 Å². The minimum Gasteiger partial charge on any atom is -0.382 e. The number of anilines is 1. The van der Waals surface area contributed by atoms with Crippen molar-refractivity contribution in [1.29, 1.82) is 0 Å². The SMILES string of the molecule is c1ccc(-c2cccc(NC3CCCC(c4ccccc4)C3)c2)cc1. The van der Waals surface area contributed by atoms with Crippen LogP contribution in [0.2, 0.25) is 0 Å². The Bertz CT molecular complexity index is 795. The average Bonchev–Trinajstić information content (AvgIpc) is 2.70. The summed E-state index contributed by atoms with van der Waals surface area (Å²) in [5.74, 6) is 0.685. The second kappa shape index (κ2) is 7.57. The predicted octanol–water partition coefficient (Wildman–Crippen LogP) is 6.49. The third-order valence-corrected chi connectivity index (χ3v) is 5.29. The van der Waals surface area contributed by atoms with Gasteiger partial charge in [-0.1, -0.05) is 79.2 Å². The van der Waals surface area contributed by atoms with E-state index < -0.39 is 0 Å². The number of benzene rings is 3. The van der Waals surface area contributed by atoms with Crippen molar-refractivity contribution in [2.24, 2.45) is 0 Å². The van der Waals surface area contributed by atoms with Gasteiger partial charge in [0.2, 0.25) is 0 Å². The molecule has 1 aliphatic carbocycles. The molecule has 0 aliphatic heterocycles. The third kappa shape index (κ3) is 3.93. The van der Waals surface area contributed by atoms with Crippen LogP contribution in [0, 0.1) is 0 Å². The molecule has 2 unspecified atom stereocenters. The lowest BCUT2D eigenvalue weighted by Crippen LogP contribution is -2.26. The molecule has 3 aromatic rings. The van der Waals surface area contributed by atoms with Gasteiger partial charge in [0.1, 0.15) is 0 Å². The fraction of sp³-hybridized carbons (Fsp3) is 0.250. The maximum Gasteiger partial charge on any atom is 0.0348 e. The van der Waals surface area contributed by atoms with Crippen molar-refractivity contribution >= 4 is 5.69 Å². The van der Waals surface area contributed by atoms with Crippen LogP contribution in [0.25, 0.3) is 11.1 Å². The Labute approximate surface area is 150 Å². The van der Waals surface area contributed by atoms with Gasteiger partial charge in [-0.15, -0.1) is 0 Å². The van der Waals surface area contributed by atoms with Gasteiger partial charge in [0, 0.05) is 11.7 Å². The normalized spacial score (nSPS) is 20.2. The van der Waals surface area contributed by atoms with Gasteiger partial charge in [-0.3, -0.25) is 0 Å². The van der Waals surface area contributed by atoms with E-state index in [-0.39, 0.29) is 0 Å². The minimum absolute atomic E-state index is 0.560. The summed E-state index contributed by atoms with van der Waals surface area (Å²) >= 11 is 0. The van der Waals surface area contributed by atoms with Crippen LogP contribution in [0.5, 0.6) is 0 Å². The molecule has 0 spiro atoms. The van der Waals surface area contributed by atoms with Gasteiger partial charge in [-0.2, -0.15) is 0 Å². The fourth-order valence-electron chi connectivity index (χ4n) is 4.00. The Kier molecular flexibility index (Phi) is 4.83. The van der Waals surface area contributed by atoms with Crippen LogP contribution >= 0.6 is 0 Å². The van der Waals surface area contributed by atoms with E-state index in [1.165, 1.54) is 48.1 Å². The van der Waals surface area contributed by atoms with Crippen LogP contribution in [-0.2, 0) is 0 Å². The van der Waals surface area contributed by atoms with Crippen molar-refractivity contribution < 1.29 is 0 Å². The van der Waals surface area contributed by atoms with Gasteiger partial charge in [0.05, 0.1) is 0 Å². The van der Waals surface area contributed by atoms with Gasteiger partial charge in [0.25, 0.3) is 0 Å². The first kappa shape index (κ1) is 16.0. The van der Waals surface area contributed by atoms with Gasteiger partial charge in [-0.05, 0) is 54.0 Å². The maximum atomic E-state index is 3.79. The fourth-order valence-corrected chi connectivity index (χ4v) is 4.00. The lowest BCUT2D eigenvalue weighted by Gasteiger charge is -2.31. The molecule has 0 aromatic heterocycles. The van der Waals surface area contributed by atoms with E-state index in [1.54, 1.807) is 0 Å². The van der Waals surface area contributed by atoms with Crippen LogP contribution in [0.4, 0.5) is 5.69 Å². The first-order valence-corrected chi connectivity index (χ1v) is 9.35. The molecule has 0 radical (unpaired) electrons. The number of nitrogens with one attached hydrogen (secondary N) is 1. The van der Waals surface area contributed by atoms with E-state index in [2.05, 4.69) is 90.2 Å². The molecule has 1 aliphatic rings. The molecule has 4 rings (SSSR count). The van der Waals surface area contributed by atoms with Crippen LogP contribution in [0.1, 0.15) is 37.2 Å². The van der Waals surface area contributed by atoms with Crippen molar-refractivity contribution in [1.82, 2.24) is 0 Å². The summed E-state index contributed by atoms with van der Waals surface area (Å²) in [7, 11) is 0. The van der Waals surface area contributed by atoms with Crippen molar-refractivity contribution in [2.45, 2.75) is 37.6 Å². The van der Waals surface area contributed by atoms with Crippen molar-refractivity contribution in [3.05, 3.63) is 90.5 Å². The van der Waals surface area contributed by atoms with Gasteiger partial charge < -0.3 is 5.32 Å². The molecule has 1 nitrogen and oxygen atoms in total. The van der Waals surface area contributed by atoms with Gasteiger partial charge in [-0.25, -0.2) is 0 Å². The number of hydrogen-bond donors (Lipinski definition) is 1. The summed E-state index contributed by atoms with van der Waals surface area (Å²) in [6, 6.07) is 31.0. The highest BCUT2D eigenvalue weighted by atomic mass is 14.9. The maximum absolute atomic E-state index is 3.79. The third-order valence-electron chi connectivity index (χ3n) is 5.29. The summed E-state index contributed by atoms with van der Waals surface area (Å²) in [4.78, 5) is 0. The summed E-state index contributed by atoms with van der Waals surface area (Å²) in [5, 5.41) is 3.79.